The summed E-state index contributed by atoms with van der Waals surface area (Å²) in [6.07, 6.45) is 67.3. The zero-order chi connectivity index (χ0) is 52.0. The van der Waals surface area contributed by atoms with Crippen LogP contribution in [0.15, 0.2) is 97.2 Å². The minimum absolute atomic E-state index is 0.141. The highest BCUT2D eigenvalue weighted by Gasteiger charge is 2.22. The summed E-state index contributed by atoms with van der Waals surface area (Å²) < 4.78 is 22.7. The first-order chi connectivity index (χ1) is 34.6. The van der Waals surface area contributed by atoms with Gasteiger partial charge in [0.2, 0.25) is 0 Å². The molecule has 9 nitrogen and oxygen atoms in total. The predicted molar refractivity (Wildman–Crippen MR) is 297 cm³/mol. The fraction of sp³-hybridized carbons (Fsp3) is 0.694. The van der Waals surface area contributed by atoms with E-state index in [1.165, 1.54) is 77.0 Å². The van der Waals surface area contributed by atoms with Crippen LogP contribution in [-0.4, -0.2) is 82.3 Å². The SMILES string of the molecule is CC/C=C\C/C=C\C/C=C\C/C=C\C/C=C\C/C=C\C/C=C\C/C=C\CCCCCCCCC(=O)OC(COC(=O)CCCCCCCCCCCCCCCCC)COC(OCC[N+](C)(C)C)C(=O)[O-]. The number of carbonyl (C=O) groups excluding carboxylic acids is 3. The molecular formula is C62H105NO8. The maximum atomic E-state index is 12.8. The van der Waals surface area contributed by atoms with E-state index in [0.29, 0.717) is 17.4 Å². The van der Waals surface area contributed by atoms with Crippen LogP contribution >= 0.6 is 0 Å². The molecule has 0 N–H and O–H groups in total. The van der Waals surface area contributed by atoms with Gasteiger partial charge < -0.3 is 33.3 Å². The molecule has 0 aliphatic carbocycles. The summed E-state index contributed by atoms with van der Waals surface area (Å²) >= 11 is 0. The van der Waals surface area contributed by atoms with E-state index in [0.717, 1.165) is 109 Å². The van der Waals surface area contributed by atoms with Gasteiger partial charge in [-0.05, 0) is 77.0 Å². The Morgan fingerprint density at radius 1 is 0.437 bits per heavy atom. The standard InChI is InChI=1S/C62H105NO8/c1-6-8-10-12-14-16-18-20-22-23-24-25-26-27-28-29-30-31-32-33-34-35-36-37-39-41-43-45-47-49-51-53-60(65)71-58(57-70-62(61(66)67)68-55-54-63(3,4)5)56-69-59(64)52-50-48-46-44-42-40-38-21-19-17-15-13-11-9-7-2/h8,10,14,16,20,22,24-25,27-28,30-31,33-34,36-37,58,62H,6-7,9,11-13,15,17-19,21,23,26,29,32,35,38-57H2,1-5H3/b10-8-,16-14-,22-20-,25-24-,28-27-,31-30-,34-33-,37-36-. The second-order valence-electron chi connectivity index (χ2n) is 19.9. The largest absolute Gasteiger partial charge is 0.545 e. The van der Waals surface area contributed by atoms with E-state index in [1.54, 1.807) is 0 Å². The van der Waals surface area contributed by atoms with Gasteiger partial charge in [-0.3, -0.25) is 9.59 Å². The minimum Gasteiger partial charge on any atom is -0.545 e. The van der Waals surface area contributed by atoms with E-state index in [-0.39, 0.29) is 38.6 Å². The predicted octanol–water partition coefficient (Wildman–Crippen LogP) is 15.2. The number of carboxylic acid groups (broad SMARTS) is 1. The molecule has 0 amide bonds. The molecule has 0 radical (unpaired) electrons. The Kier molecular flexibility index (Phi) is 49.7. The van der Waals surface area contributed by atoms with Crippen LogP contribution in [-0.2, 0) is 33.3 Å². The zero-order valence-corrected chi connectivity index (χ0v) is 46.1. The van der Waals surface area contributed by atoms with Gasteiger partial charge in [-0.15, -0.1) is 0 Å². The maximum Gasteiger partial charge on any atom is 0.306 e. The number of hydrogen-bond donors (Lipinski definition) is 0. The molecule has 0 saturated heterocycles. The summed E-state index contributed by atoms with van der Waals surface area (Å²) in [5.41, 5.74) is 0. The molecule has 0 bridgehead atoms. The number of ether oxygens (including phenoxy) is 4. The van der Waals surface area contributed by atoms with Crippen molar-refractivity contribution in [3.05, 3.63) is 97.2 Å². The van der Waals surface area contributed by atoms with E-state index >= 15 is 0 Å². The van der Waals surface area contributed by atoms with Crippen LogP contribution in [0, 0.1) is 0 Å². The number of rotatable bonds is 51. The van der Waals surface area contributed by atoms with Crippen molar-refractivity contribution >= 4 is 17.9 Å². The number of carbonyl (C=O) groups is 3. The normalized spacial score (nSPS) is 13.5. The Bertz CT molecular complexity index is 1480. The maximum absolute atomic E-state index is 12.8. The molecule has 0 aromatic carbocycles. The number of allylic oxidation sites excluding steroid dienone is 16. The highest BCUT2D eigenvalue weighted by molar-refractivity contribution is 5.70. The Morgan fingerprint density at radius 2 is 0.803 bits per heavy atom. The number of aliphatic carboxylic acids is 1. The fourth-order valence-corrected chi connectivity index (χ4v) is 7.49. The van der Waals surface area contributed by atoms with Crippen molar-refractivity contribution in [2.75, 3.05) is 47.5 Å². The number of nitrogens with zero attached hydrogens (tertiary/aromatic N) is 1. The monoisotopic (exact) mass is 992 g/mol. The van der Waals surface area contributed by atoms with Crippen LogP contribution < -0.4 is 5.11 Å². The highest BCUT2D eigenvalue weighted by atomic mass is 16.7. The first-order valence-corrected chi connectivity index (χ1v) is 28.4. The van der Waals surface area contributed by atoms with Gasteiger partial charge in [-0.25, -0.2) is 0 Å². The van der Waals surface area contributed by atoms with Crippen LogP contribution in [0.3, 0.4) is 0 Å². The van der Waals surface area contributed by atoms with E-state index in [4.69, 9.17) is 18.9 Å². The van der Waals surface area contributed by atoms with Crippen LogP contribution in [0.2, 0.25) is 0 Å². The van der Waals surface area contributed by atoms with Gasteiger partial charge in [0.15, 0.2) is 12.4 Å². The topological polar surface area (TPSA) is 111 Å². The van der Waals surface area contributed by atoms with Crippen molar-refractivity contribution in [2.24, 2.45) is 0 Å². The van der Waals surface area contributed by atoms with Crippen molar-refractivity contribution in [1.29, 1.82) is 0 Å². The summed E-state index contributed by atoms with van der Waals surface area (Å²) in [6, 6.07) is 0. The quantitative estimate of drug-likeness (QED) is 0.0195. The average molecular weight is 993 g/mol. The van der Waals surface area contributed by atoms with Crippen LogP contribution in [0.5, 0.6) is 0 Å². The molecule has 0 spiro atoms. The molecule has 71 heavy (non-hydrogen) atoms. The van der Waals surface area contributed by atoms with Crippen LogP contribution in [0.1, 0.15) is 219 Å². The highest BCUT2D eigenvalue weighted by Crippen LogP contribution is 2.15. The van der Waals surface area contributed by atoms with E-state index < -0.39 is 24.3 Å². The van der Waals surface area contributed by atoms with E-state index in [1.807, 2.05) is 21.1 Å². The summed E-state index contributed by atoms with van der Waals surface area (Å²) in [5.74, 6) is -2.31. The molecule has 0 heterocycles. The summed E-state index contributed by atoms with van der Waals surface area (Å²) in [5, 5.41) is 11.8. The molecule has 406 valence electrons. The molecule has 0 aromatic rings. The van der Waals surface area contributed by atoms with Gasteiger partial charge >= 0.3 is 11.9 Å². The van der Waals surface area contributed by atoms with Gasteiger partial charge in [-0.1, -0.05) is 227 Å². The van der Waals surface area contributed by atoms with Crippen LogP contribution in [0.4, 0.5) is 0 Å². The second-order valence-corrected chi connectivity index (χ2v) is 19.9. The third-order valence-electron chi connectivity index (χ3n) is 11.8. The molecule has 2 unspecified atom stereocenters. The number of quaternary nitrogens is 1. The van der Waals surface area contributed by atoms with Crippen molar-refractivity contribution in [1.82, 2.24) is 0 Å². The Balaban J connectivity index is 4.29. The molecule has 0 aromatic heterocycles. The number of hydrogen-bond acceptors (Lipinski definition) is 8. The Hall–Kier alpha value is -3.79. The number of carboxylic acids is 1. The van der Waals surface area contributed by atoms with Gasteiger partial charge in [-0.2, -0.15) is 0 Å². The first-order valence-electron chi connectivity index (χ1n) is 28.4. The molecule has 9 heteroatoms. The average Bonchev–Trinajstić information content (AvgIpc) is 3.34. The van der Waals surface area contributed by atoms with Gasteiger partial charge in [0.05, 0.1) is 40.3 Å². The molecule has 0 saturated carbocycles. The lowest BCUT2D eigenvalue weighted by molar-refractivity contribution is -0.870. The fourth-order valence-electron chi connectivity index (χ4n) is 7.49. The lowest BCUT2D eigenvalue weighted by atomic mass is 10.0. The molecule has 0 fully saturated rings. The lowest BCUT2D eigenvalue weighted by Gasteiger charge is -2.26. The van der Waals surface area contributed by atoms with Gasteiger partial charge in [0.25, 0.3) is 0 Å². The third-order valence-corrected chi connectivity index (χ3v) is 11.8. The number of esters is 2. The Morgan fingerprint density at radius 3 is 1.20 bits per heavy atom. The lowest BCUT2D eigenvalue weighted by Crippen LogP contribution is -2.44. The van der Waals surface area contributed by atoms with Crippen molar-refractivity contribution in [2.45, 2.75) is 232 Å². The molecule has 2 atom stereocenters. The molecule has 0 aliphatic rings. The summed E-state index contributed by atoms with van der Waals surface area (Å²) in [6.45, 7) is 4.61. The third kappa shape index (κ3) is 53.8. The van der Waals surface area contributed by atoms with Crippen molar-refractivity contribution in [3.8, 4) is 0 Å². The van der Waals surface area contributed by atoms with Gasteiger partial charge in [0, 0.05) is 12.8 Å². The zero-order valence-electron chi connectivity index (χ0n) is 46.1. The minimum atomic E-state index is -1.63. The van der Waals surface area contributed by atoms with Gasteiger partial charge in [0.1, 0.15) is 13.2 Å². The van der Waals surface area contributed by atoms with E-state index in [2.05, 4.69) is 111 Å². The molecule has 0 aliphatic heterocycles. The molecular weight excluding hydrogens is 887 g/mol. The Labute approximate surface area is 435 Å². The van der Waals surface area contributed by atoms with Crippen molar-refractivity contribution in [3.63, 3.8) is 0 Å². The first kappa shape index (κ1) is 67.2. The molecule has 0 rings (SSSR count). The van der Waals surface area contributed by atoms with Crippen molar-refractivity contribution < 1.29 is 42.9 Å². The smallest absolute Gasteiger partial charge is 0.306 e. The number of likely N-dealkylation sites (N-methyl/N-ethyl adjacent to an activating group) is 1. The summed E-state index contributed by atoms with van der Waals surface area (Å²) in [7, 11) is 5.91. The van der Waals surface area contributed by atoms with Crippen LogP contribution in [0.25, 0.3) is 0 Å². The summed E-state index contributed by atoms with van der Waals surface area (Å²) in [4.78, 5) is 37.2. The number of unbranched alkanes of at least 4 members (excludes halogenated alkanes) is 20. The second kappa shape index (κ2) is 52.5. The van der Waals surface area contributed by atoms with E-state index in [9.17, 15) is 19.5 Å².